The number of benzene rings is 1. The third-order valence-corrected chi connectivity index (χ3v) is 4.93. The fraction of sp³-hybridized carbons (Fsp3) is 0.647. The Hall–Kier alpha value is -1.07. The molecular weight excluding hydrogens is 291 g/mol. The van der Waals surface area contributed by atoms with Gasteiger partial charge in [0.1, 0.15) is 0 Å². The molecule has 0 spiro atoms. The van der Waals surface area contributed by atoms with E-state index in [1.54, 1.807) is 0 Å². The van der Waals surface area contributed by atoms with Gasteiger partial charge in [0.05, 0.1) is 0 Å². The number of alkyl halides is 3. The van der Waals surface area contributed by atoms with Crippen molar-refractivity contribution in [2.75, 3.05) is 7.11 Å². The Balaban J connectivity index is 1.85. The summed E-state index contributed by atoms with van der Waals surface area (Å²) >= 11 is 0. The van der Waals surface area contributed by atoms with Crippen molar-refractivity contribution < 1.29 is 17.9 Å². The van der Waals surface area contributed by atoms with Crippen molar-refractivity contribution in [2.24, 2.45) is 5.92 Å². The van der Waals surface area contributed by atoms with Gasteiger partial charge < -0.3 is 10.1 Å². The summed E-state index contributed by atoms with van der Waals surface area (Å²) in [5.41, 5.74) is -0.834. The molecule has 2 nitrogen and oxygen atoms in total. The number of rotatable bonds is 5. The summed E-state index contributed by atoms with van der Waals surface area (Å²) in [5.74, 6) is -0.465. The van der Waals surface area contributed by atoms with E-state index in [0.29, 0.717) is 12.8 Å². The molecule has 0 bridgehead atoms. The van der Waals surface area contributed by atoms with E-state index in [2.05, 4.69) is 5.32 Å². The SMILES string of the molecule is COC(C)([C@H]1CC[C@@H](NCc2ccccc2)CC1)C(F)(F)F. The molecule has 5 heteroatoms. The summed E-state index contributed by atoms with van der Waals surface area (Å²) in [4.78, 5) is 0. The second-order valence-corrected chi connectivity index (χ2v) is 6.22. The highest BCUT2D eigenvalue weighted by Gasteiger charge is 2.56. The van der Waals surface area contributed by atoms with Crippen LogP contribution in [0.25, 0.3) is 0 Å². The predicted molar refractivity (Wildman–Crippen MR) is 80.5 cm³/mol. The summed E-state index contributed by atoms with van der Waals surface area (Å²) in [6, 6.07) is 10.3. The van der Waals surface area contributed by atoms with Crippen LogP contribution in [0.1, 0.15) is 38.2 Å². The summed E-state index contributed by atoms with van der Waals surface area (Å²) in [7, 11) is 1.16. The highest BCUT2D eigenvalue weighted by molar-refractivity contribution is 5.14. The number of halogens is 3. The van der Waals surface area contributed by atoms with Gasteiger partial charge in [-0.25, -0.2) is 0 Å². The molecule has 1 fully saturated rings. The second-order valence-electron chi connectivity index (χ2n) is 6.22. The second kappa shape index (κ2) is 7.01. The highest BCUT2D eigenvalue weighted by Crippen LogP contribution is 2.44. The number of nitrogens with one attached hydrogen (secondary N) is 1. The van der Waals surface area contributed by atoms with Gasteiger partial charge in [-0.05, 0) is 44.1 Å². The normalized spacial score (nSPS) is 25.7. The van der Waals surface area contributed by atoms with Gasteiger partial charge in [-0.2, -0.15) is 13.2 Å². The van der Waals surface area contributed by atoms with Crippen molar-refractivity contribution in [2.45, 2.75) is 57.0 Å². The number of hydrogen-bond acceptors (Lipinski definition) is 2. The van der Waals surface area contributed by atoms with Crippen molar-refractivity contribution in [1.82, 2.24) is 5.32 Å². The minimum absolute atomic E-state index is 0.283. The lowest BCUT2D eigenvalue weighted by Gasteiger charge is -2.41. The van der Waals surface area contributed by atoms with Gasteiger partial charge in [0.25, 0.3) is 0 Å². The number of hydrogen-bond donors (Lipinski definition) is 1. The molecule has 1 N–H and O–H groups in total. The summed E-state index contributed by atoms with van der Waals surface area (Å²) in [6.07, 6.45) is -1.73. The molecule has 0 amide bonds. The first-order chi connectivity index (χ1) is 10.4. The predicted octanol–water partition coefficient (Wildman–Crippen LogP) is 4.30. The lowest BCUT2D eigenvalue weighted by molar-refractivity contribution is -0.285. The van der Waals surface area contributed by atoms with Crippen molar-refractivity contribution in [3.8, 4) is 0 Å². The Morgan fingerprint density at radius 3 is 2.18 bits per heavy atom. The maximum atomic E-state index is 13.2. The lowest BCUT2D eigenvalue weighted by Crippen LogP contribution is -2.52. The Bertz CT molecular complexity index is 455. The zero-order valence-electron chi connectivity index (χ0n) is 13.1. The zero-order chi connectivity index (χ0) is 16.2. The smallest absolute Gasteiger partial charge is 0.369 e. The molecule has 22 heavy (non-hydrogen) atoms. The van der Waals surface area contributed by atoms with Crippen LogP contribution in [-0.4, -0.2) is 24.9 Å². The van der Waals surface area contributed by atoms with E-state index in [9.17, 15) is 13.2 Å². The summed E-state index contributed by atoms with van der Waals surface area (Å²) in [5, 5.41) is 3.44. The molecular formula is C17H24F3NO. The fourth-order valence-corrected chi connectivity index (χ4v) is 3.22. The average molecular weight is 315 g/mol. The lowest BCUT2D eigenvalue weighted by atomic mass is 9.75. The number of ether oxygens (including phenoxy) is 1. The molecule has 0 aliphatic heterocycles. The Kier molecular flexibility index (Phi) is 5.50. The molecule has 2 rings (SSSR count). The first kappa shape index (κ1) is 17.3. The maximum Gasteiger partial charge on any atom is 0.417 e. The van der Waals surface area contributed by atoms with Gasteiger partial charge in [0.2, 0.25) is 0 Å². The van der Waals surface area contributed by atoms with Gasteiger partial charge in [-0.1, -0.05) is 30.3 Å². The van der Waals surface area contributed by atoms with Crippen LogP contribution in [0.5, 0.6) is 0 Å². The van der Waals surface area contributed by atoms with Crippen molar-refractivity contribution in [3.05, 3.63) is 35.9 Å². The highest BCUT2D eigenvalue weighted by atomic mass is 19.4. The molecule has 1 unspecified atom stereocenters. The Labute approximate surface area is 130 Å². The van der Waals surface area contributed by atoms with Gasteiger partial charge in [0, 0.05) is 19.7 Å². The molecule has 1 aliphatic carbocycles. The Morgan fingerprint density at radius 2 is 1.68 bits per heavy atom. The van der Waals surface area contributed by atoms with E-state index < -0.39 is 17.7 Å². The van der Waals surface area contributed by atoms with E-state index in [-0.39, 0.29) is 6.04 Å². The topological polar surface area (TPSA) is 21.3 Å². The summed E-state index contributed by atoms with van der Waals surface area (Å²) < 4.78 is 44.5. The van der Waals surface area contributed by atoms with Crippen molar-refractivity contribution in [3.63, 3.8) is 0 Å². The molecule has 0 saturated heterocycles. The van der Waals surface area contributed by atoms with Crippen molar-refractivity contribution in [1.29, 1.82) is 0 Å². The average Bonchev–Trinajstić information content (AvgIpc) is 2.52. The Morgan fingerprint density at radius 1 is 1.09 bits per heavy atom. The molecule has 1 atom stereocenters. The van der Waals surface area contributed by atoms with Crippen LogP contribution in [0.15, 0.2) is 30.3 Å². The molecule has 0 radical (unpaired) electrons. The van der Waals surface area contributed by atoms with Gasteiger partial charge in [-0.3, -0.25) is 0 Å². The molecule has 1 aliphatic rings. The standard InChI is InChI=1S/C17H24F3NO/c1-16(22-2,17(18,19)20)14-8-10-15(11-9-14)21-12-13-6-4-3-5-7-13/h3-7,14-15,21H,8-12H2,1-2H3/t14-,15+,16?. The molecule has 1 saturated carbocycles. The first-order valence-corrected chi connectivity index (χ1v) is 7.76. The number of methoxy groups -OCH3 is 1. The zero-order valence-corrected chi connectivity index (χ0v) is 13.1. The van der Waals surface area contributed by atoms with Crippen LogP contribution >= 0.6 is 0 Å². The third-order valence-electron chi connectivity index (χ3n) is 4.93. The molecule has 0 heterocycles. The van der Waals surface area contributed by atoms with Gasteiger partial charge in [-0.15, -0.1) is 0 Å². The fourth-order valence-electron chi connectivity index (χ4n) is 3.22. The van der Waals surface area contributed by atoms with E-state index in [1.165, 1.54) is 12.5 Å². The maximum absolute atomic E-state index is 13.2. The van der Waals surface area contributed by atoms with Crippen LogP contribution in [0.4, 0.5) is 13.2 Å². The van der Waals surface area contributed by atoms with E-state index in [4.69, 9.17) is 4.74 Å². The van der Waals surface area contributed by atoms with E-state index in [1.807, 2.05) is 30.3 Å². The van der Waals surface area contributed by atoms with Crippen LogP contribution in [0.3, 0.4) is 0 Å². The first-order valence-electron chi connectivity index (χ1n) is 7.76. The van der Waals surface area contributed by atoms with Crippen LogP contribution in [0.2, 0.25) is 0 Å². The van der Waals surface area contributed by atoms with E-state index in [0.717, 1.165) is 26.5 Å². The van der Waals surface area contributed by atoms with Crippen molar-refractivity contribution >= 4 is 0 Å². The van der Waals surface area contributed by atoms with Gasteiger partial charge >= 0.3 is 6.18 Å². The molecule has 124 valence electrons. The van der Waals surface area contributed by atoms with Crippen LogP contribution in [0, 0.1) is 5.92 Å². The quantitative estimate of drug-likeness (QED) is 0.874. The largest absolute Gasteiger partial charge is 0.417 e. The van der Waals surface area contributed by atoms with Gasteiger partial charge in [0.15, 0.2) is 5.60 Å². The summed E-state index contributed by atoms with van der Waals surface area (Å²) in [6.45, 7) is 1.94. The monoisotopic (exact) mass is 315 g/mol. The molecule has 0 aromatic heterocycles. The molecule has 1 aromatic carbocycles. The minimum Gasteiger partial charge on any atom is -0.369 e. The third kappa shape index (κ3) is 3.82. The van der Waals surface area contributed by atoms with E-state index >= 15 is 0 Å². The molecule has 1 aromatic rings. The van der Waals surface area contributed by atoms with Crippen LogP contribution < -0.4 is 5.32 Å². The van der Waals surface area contributed by atoms with Crippen LogP contribution in [-0.2, 0) is 11.3 Å². The minimum atomic E-state index is -4.32.